The van der Waals surface area contributed by atoms with Crippen molar-refractivity contribution in [2.75, 3.05) is 13.1 Å². The van der Waals surface area contributed by atoms with Crippen molar-refractivity contribution in [2.45, 2.75) is 19.4 Å². The number of β-amino-alcohol motifs (C(OH)–C–C–N with tert-alkyl or cyclic N) is 1. The van der Waals surface area contributed by atoms with Crippen molar-refractivity contribution in [3.8, 4) is 0 Å². The molecule has 1 aromatic heterocycles. The van der Waals surface area contributed by atoms with E-state index in [1.807, 2.05) is 6.92 Å². The normalized spacial score (nSPS) is 28.2. The van der Waals surface area contributed by atoms with Crippen LogP contribution in [0.5, 0.6) is 0 Å². The molecule has 2 N–H and O–H groups in total. The van der Waals surface area contributed by atoms with Gasteiger partial charge in [-0.15, -0.1) is 11.3 Å². The molecule has 2 heterocycles. The van der Waals surface area contributed by atoms with Crippen LogP contribution in [0, 0.1) is 12.8 Å². The van der Waals surface area contributed by atoms with Gasteiger partial charge in [-0.25, -0.2) is 4.98 Å². The first-order valence-corrected chi connectivity index (χ1v) is 5.43. The molecule has 1 aliphatic heterocycles. The highest BCUT2D eigenvalue weighted by Crippen LogP contribution is 2.18. The van der Waals surface area contributed by atoms with Crippen LogP contribution in [0.15, 0.2) is 5.38 Å². The molecule has 1 aliphatic rings. The van der Waals surface area contributed by atoms with Crippen molar-refractivity contribution in [3.63, 3.8) is 0 Å². The van der Waals surface area contributed by atoms with Crippen molar-refractivity contribution in [3.05, 3.63) is 16.1 Å². The minimum absolute atomic E-state index is 0.191. The van der Waals surface area contributed by atoms with Gasteiger partial charge in [-0.1, -0.05) is 0 Å². The second-order valence-electron chi connectivity index (χ2n) is 3.57. The lowest BCUT2D eigenvalue weighted by Gasteiger charge is -2.10. The van der Waals surface area contributed by atoms with Gasteiger partial charge < -0.3 is 10.4 Å². The first kappa shape index (κ1) is 9.12. The SMILES string of the molecule is Cc1csc(C[C@@H]2CNC[C@H]2O)n1. The zero-order valence-electron chi connectivity index (χ0n) is 7.66. The van der Waals surface area contributed by atoms with Crippen molar-refractivity contribution in [1.82, 2.24) is 10.3 Å². The van der Waals surface area contributed by atoms with Crippen molar-refractivity contribution >= 4 is 11.3 Å². The summed E-state index contributed by atoms with van der Waals surface area (Å²) in [5, 5.41) is 16.0. The third kappa shape index (κ3) is 2.07. The molecule has 0 bridgehead atoms. The molecule has 72 valence electrons. The lowest BCUT2D eigenvalue weighted by Crippen LogP contribution is -2.19. The van der Waals surface area contributed by atoms with Gasteiger partial charge in [0.25, 0.3) is 0 Å². The Kier molecular flexibility index (Phi) is 2.62. The monoisotopic (exact) mass is 198 g/mol. The molecule has 2 atom stereocenters. The summed E-state index contributed by atoms with van der Waals surface area (Å²) in [4.78, 5) is 4.39. The zero-order chi connectivity index (χ0) is 9.26. The number of aliphatic hydroxyl groups excluding tert-OH is 1. The second kappa shape index (κ2) is 3.74. The zero-order valence-corrected chi connectivity index (χ0v) is 8.47. The molecule has 0 amide bonds. The molecule has 4 heteroatoms. The maximum absolute atomic E-state index is 9.57. The maximum Gasteiger partial charge on any atom is 0.0932 e. The van der Waals surface area contributed by atoms with E-state index < -0.39 is 0 Å². The first-order chi connectivity index (χ1) is 6.25. The van der Waals surface area contributed by atoms with E-state index in [4.69, 9.17) is 0 Å². The summed E-state index contributed by atoms with van der Waals surface area (Å²) in [5.41, 5.74) is 1.08. The number of nitrogens with zero attached hydrogens (tertiary/aromatic N) is 1. The Morgan fingerprint density at radius 2 is 2.54 bits per heavy atom. The van der Waals surface area contributed by atoms with Crippen molar-refractivity contribution in [2.24, 2.45) is 5.92 Å². The molecule has 1 fully saturated rings. The van der Waals surface area contributed by atoms with Gasteiger partial charge in [-0.05, 0) is 6.92 Å². The molecule has 0 aliphatic carbocycles. The lowest BCUT2D eigenvalue weighted by atomic mass is 10.0. The van der Waals surface area contributed by atoms with Gasteiger partial charge in [0, 0.05) is 36.5 Å². The molecule has 0 unspecified atom stereocenters. The highest BCUT2D eigenvalue weighted by molar-refractivity contribution is 7.09. The fourth-order valence-corrected chi connectivity index (χ4v) is 2.51. The standard InChI is InChI=1S/C9H14N2OS/c1-6-5-13-9(11-6)2-7-3-10-4-8(7)12/h5,7-8,10,12H,2-4H2,1H3/t7-,8-/m1/s1. The van der Waals surface area contributed by atoms with E-state index >= 15 is 0 Å². The molecule has 0 radical (unpaired) electrons. The van der Waals surface area contributed by atoms with Gasteiger partial charge in [0.15, 0.2) is 0 Å². The van der Waals surface area contributed by atoms with Crippen LogP contribution in [0.4, 0.5) is 0 Å². The minimum Gasteiger partial charge on any atom is -0.391 e. The number of aromatic nitrogens is 1. The van der Waals surface area contributed by atoms with Crippen molar-refractivity contribution < 1.29 is 5.11 Å². The predicted octanol–water partition coefficient (Wildman–Crippen LogP) is 0.574. The number of hydrogen-bond donors (Lipinski definition) is 2. The Bertz CT molecular complexity index is 287. The van der Waals surface area contributed by atoms with Crippen LogP contribution >= 0.6 is 11.3 Å². The molecule has 13 heavy (non-hydrogen) atoms. The van der Waals surface area contributed by atoms with Gasteiger partial charge in [-0.3, -0.25) is 0 Å². The van der Waals surface area contributed by atoms with E-state index in [1.54, 1.807) is 11.3 Å². The first-order valence-electron chi connectivity index (χ1n) is 4.55. The second-order valence-corrected chi connectivity index (χ2v) is 4.52. The Morgan fingerprint density at radius 3 is 3.08 bits per heavy atom. The smallest absolute Gasteiger partial charge is 0.0932 e. The molecule has 0 saturated carbocycles. The molecule has 1 aromatic rings. The van der Waals surface area contributed by atoms with Crippen LogP contribution in [-0.4, -0.2) is 29.3 Å². The average molecular weight is 198 g/mol. The number of rotatable bonds is 2. The van der Waals surface area contributed by atoms with Gasteiger partial charge in [0.2, 0.25) is 0 Å². The predicted molar refractivity (Wildman–Crippen MR) is 52.9 cm³/mol. The molecule has 3 nitrogen and oxygen atoms in total. The van der Waals surface area contributed by atoms with E-state index in [1.165, 1.54) is 0 Å². The summed E-state index contributed by atoms with van der Waals surface area (Å²) in [6.45, 7) is 3.65. The van der Waals surface area contributed by atoms with Gasteiger partial charge in [-0.2, -0.15) is 0 Å². The fraction of sp³-hybridized carbons (Fsp3) is 0.667. The summed E-state index contributed by atoms with van der Waals surface area (Å²) >= 11 is 1.69. The van der Waals surface area contributed by atoms with Crippen molar-refractivity contribution in [1.29, 1.82) is 0 Å². The Hall–Kier alpha value is -0.450. The summed E-state index contributed by atoms with van der Waals surface area (Å²) in [6.07, 6.45) is 0.719. The van der Waals surface area contributed by atoms with Crippen LogP contribution in [-0.2, 0) is 6.42 Å². The molecular weight excluding hydrogens is 184 g/mol. The largest absolute Gasteiger partial charge is 0.391 e. The molecule has 1 saturated heterocycles. The number of aryl methyl sites for hydroxylation is 1. The lowest BCUT2D eigenvalue weighted by molar-refractivity contribution is 0.147. The molecular formula is C9H14N2OS. The maximum atomic E-state index is 9.57. The summed E-state index contributed by atoms with van der Waals surface area (Å²) < 4.78 is 0. The highest BCUT2D eigenvalue weighted by Gasteiger charge is 2.25. The van der Waals surface area contributed by atoms with Crippen LogP contribution in [0.25, 0.3) is 0 Å². The van der Waals surface area contributed by atoms with E-state index in [2.05, 4.69) is 15.7 Å². The molecule has 0 aromatic carbocycles. The van der Waals surface area contributed by atoms with E-state index in [0.29, 0.717) is 5.92 Å². The summed E-state index contributed by atoms with van der Waals surface area (Å²) in [7, 11) is 0. The van der Waals surface area contributed by atoms with E-state index in [9.17, 15) is 5.11 Å². The van der Waals surface area contributed by atoms with Gasteiger partial charge >= 0.3 is 0 Å². The fourth-order valence-electron chi connectivity index (χ4n) is 1.65. The average Bonchev–Trinajstić information content (AvgIpc) is 2.64. The minimum atomic E-state index is -0.191. The summed E-state index contributed by atoms with van der Waals surface area (Å²) in [5.74, 6) is 0.352. The Balaban J connectivity index is 1.97. The van der Waals surface area contributed by atoms with Gasteiger partial charge in [0.05, 0.1) is 11.1 Å². The summed E-state index contributed by atoms with van der Waals surface area (Å²) in [6, 6.07) is 0. The van der Waals surface area contributed by atoms with E-state index in [-0.39, 0.29) is 6.10 Å². The number of hydrogen-bond acceptors (Lipinski definition) is 4. The number of nitrogens with one attached hydrogen (secondary N) is 1. The topological polar surface area (TPSA) is 45.1 Å². The van der Waals surface area contributed by atoms with Crippen LogP contribution in [0.3, 0.4) is 0 Å². The Labute approximate surface area is 81.8 Å². The van der Waals surface area contributed by atoms with Crippen LogP contribution in [0.1, 0.15) is 10.7 Å². The van der Waals surface area contributed by atoms with Crippen LogP contribution < -0.4 is 5.32 Å². The van der Waals surface area contributed by atoms with Gasteiger partial charge in [0.1, 0.15) is 0 Å². The van der Waals surface area contributed by atoms with E-state index in [0.717, 1.165) is 30.2 Å². The highest BCUT2D eigenvalue weighted by atomic mass is 32.1. The molecule has 2 rings (SSSR count). The number of thiazole rings is 1. The van der Waals surface area contributed by atoms with Crippen LogP contribution in [0.2, 0.25) is 0 Å². The third-order valence-corrected chi connectivity index (χ3v) is 3.40. The third-order valence-electron chi connectivity index (χ3n) is 2.41. The quantitative estimate of drug-likeness (QED) is 0.730. The Morgan fingerprint density at radius 1 is 1.69 bits per heavy atom. The molecule has 0 spiro atoms. The number of aliphatic hydroxyl groups is 1.